The van der Waals surface area contributed by atoms with Crippen LogP contribution >= 0.6 is 24.0 Å². The van der Waals surface area contributed by atoms with Crippen LogP contribution in [0.1, 0.15) is 32.4 Å². The van der Waals surface area contributed by atoms with Gasteiger partial charge in [-0.2, -0.15) is 0 Å². The molecule has 0 aliphatic heterocycles. The molecule has 2 rings (SSSR count). The van der Waals surface area contributed by atoms with Gasteiger partial charge in [-0.15, -0.1) is 24.0 Å². The third-order valence-corrected chi connectivity index (χ3v) is 4.11. The number of hydrogen-bond donors (Lipinski definition) is 3. The molecule has 1 amide bonds. The number of nitrogens with zero attached hydrogens (tertiary/aromatic N) is 1. The van der Waals surface area contributed by atoms with E-state index in [1.165, 1.54) is 16.3 Å². The molecule has 0 radical (unpaired) electrons. The minimum atomic E-state index is 0. The van der Waals surface area contributed by atoms with Gasteiger partial charge in [0, 0.05) is 26.1 Å². The number of carbonyl (C=O) groups excluding carboxylic acids is 1. The Hall–Kier alpha value is -1.83. The number of hydrogen-bond acceptors (Lipinski definition) is 2. The first-order chi connectivity index (χ1) is 12.0. The molecule has 0 heterocycles. The summed E-state index contributed by atoms with van der Waals surface area (Å²) in [6.07, 6.45) is 0. The van der Waals surface area contributed by atoms with Gasteiger partial charge in [0.2, 0.25) is 5.91 Å². The third kappa shape index (κ3) is 6.16. The zero-order valence-electron chi connectivity index (χ0n) is 15.9. The van der Waals surface area contributed by atoms with Crippen molar-refractivity contribution in [3.63, 3.8) is 0 Å². The van der Waals surface area contributed by atoms with Gasteiger partial charge in [0.15, 0.2) is 5.96 Å². The zero-order valence-corrected chi connectivity index (χ0v) is 18.2. The minimum Gasteiger partial charge on any atom is -0.355 e. The van der Waals surface area contributed by atoms with E-state index in [0.29, 0.717) is 13.1 Å². The lowest BCUT2D eigenvalue weighted by atomic mass is 10.00. The molecule has 3 N–H and O–H groups in total. The van der Waals surface area contributed by atoms with Crippen LogP contribution in [-0.2, 0) is 4.79 Å². The average molecular weight is 468 g/mol. The zero-order chi connectivity index (χ0) is 18.2. The van der Waals surface area contributed by atoms with Crippen LogP contribution < -0.4 is 16.0 Å². The Balaban J connectivity index is 0.00000338. The topological polar surface area (TPSA) is 65.5 Å². The van der Waals surface area contributed by atoms with Crippen molar-refractivity contribution in [3.8, 4) is 0 Å². The van der Waals surface area contributed by atoms with Gasteiger partial charge in [-0.25, -0.2) is 0 Å². The van der Waals surface area contributed by atoms with E-state index in [-0.39, 0.29) is 41.8 Å². The molecule has 0 spiro atoms. The van der Waals surface area contributed by atoms with E-state index < -0.39 is 0 Å². The highest BCUT2D eigenvalue weighted by Gasteiger charge is 2.11. The molecular weight excluding hydrogens is 439 g/mol. The Bertz CT molecular complexity index is 740. The summed E-state index contributed by atoms with van der Waals surface area (Å²) in [6.45, 7) is 7.08. The number of halogens is 1. The van der Waals surface area contributed by atoms with Crippen molar-refractivity contribution < 1.29 is 4.79 Å². The normalized spacial score (nSPS) is 12.4. The number of rotatable bonds is 6. The lowest BCUT2D eigenvalue weighted by Crippen LogP contribution is -2.42. The highest BCUT2D eigenvalue weighted by molar-refractivity contribution is 14.0. The molecule has 2 aromatic carbocycles. The summed E-state index contributed by atoms with van der Waals surface area (Å²) in [6, 6.07) is 14.8. The summed E-state index contributed by atoms with van der Waals surface area (Å²) in [5, 5.41) is 12.0. The maximum absolute atomic E-state index is 11.6. The first-order valence-corrected chi connectivity index (χ1v) is 8.75. The van der Waals surface area contributed by atoms with Crippen LogP contribution in [0.4, 0.5) is 0 Å². The molecule has 0 fully saturated rings. The molecule has 26 heavy (non-hydrogen) atoms. The number of nitrogens with one attached hydrogen (secondary N) is 3. The molecule has 5 nitrogen and oxygen atoms in total. The highest BCUT2D eigenvalue weighted by atomic mass is 127. The minimum absolute atomic E-state index is 0. The molecule has 142 valence electrons. The summed E-state index contributed by atoms with van der Waals surface area (Å²) in [7, 11) is 1.75. The van der Waals surface area contributed by atoms with Crippen molar-refractivity contribution >= 4 is 46.6 Å². The van der Waals surface area contributed by atoms with Crippen molar-refractivity contribution in [3.05, 3.63) is 48.0 Å². The van der Waals surface area contributed by atoms with Gasteiger partial charge in [0.05, 0.1) is 6.04 Å². The highest BCUT2D eigenvalue weighted by Crippen LogP contribution is 2.23. The molecule has 1 atom stereocenters. The lowest BCUT2D eigenvalue weighted by Gasteiger charge is -2.20. The van der Waals surface area contributed by atoms with Gasteiger partial charge in [-0.3, -0.25) is 9.79 Å². The van der Waals surface area contributed by atoms with E-state index in [1.54, 1.807) is 7.05 Å². The van der Waals surface area contributed by atoms with Gasteiger partial charge < -0.3 is 16.0 Å². The molecule has 0 saturated carbocycles. The molecule has 0 saturated heterocycles. The number of fused-ring (bicyclic) bond motifs is 1. The average Bonchev–Trinajstić information content (AvgIpc) is 2.63. The largest absolute Gasteiger partial charge is 0.355 e. The molecule has 0 bridgehead atoms. The Morgan fingerprint density at radius 3 is 2.35 bits per heavy atom. The number of benzene rings is 2. The van der Waals surface area contributed by atoms with Gasteiger partial charge in [0.1, 0.15) is 0 Å². The van der Waals surface area contributed by atoms with E-state index in [0.717, 1.165) is 5.96 Å². The Morgan fingerprint density at radius 2 is 1.65 bits per heavy atom. The van der Waals surface area contributed by atoms with Crippen LogP contribution in [0, 0.1) is 5.92 Å². The maximum atomic E-state index is 11.6. The number of carbonyl (C=O) groups is 1. The first kappa shape index (κ1) is 22.2. The quantitative estimate of drug-likeness (QED) is 0.263. The smallest absolute Gasteiger partial charge is 0.222 e. The number of aliphatic imine (C=N–C) groups is 1. The van der Waals surface area contributed by atoms with Gasteiger partial charge in [-0.1, -0.05) is 56.3 Å². The van der Waals surface area contributed by atoms with Crippen molar-refractivity contribution in [2.45, 2.75) is 26.8 Å². The maximum Gasteiger partial charge on any atom is 0.222 e. The second-order valence-corrected chi connectivity index (χ2v) is 6.38. The molecule has 6 heteroatoms. The second-order valence-electron chi connectivity index (χ2n) is 6.38. The molecule has 0 aliphatic carbocycles. The summed E-state index contributed by atoms with van der Waals surface area (Å²) in [5.41, 5.74) is 1.23. The Kier molecular flexibility index (Phi) is 9.40. The van der Waals surface area contributed by atoms with Crippen LogP contribution in [0.15, 0.2) is 47.5 Å². The molecule has 0 aromatic heterocycles. The standard InChI is InChI=1S/C20H28N4O.HI/c1-14(2)19(25)22-12-13-23-20(21-4)24-15(3)17-11-7-9-16-8-5-6-10-18(16)17;/h5-11,14-15H,12-13H2,1-4H3,(H,22,25)(H2,21,23,24);1H. The van der Waals surface area contributed by atoms with Crippen molar-refractivity contribution in [1.29, 1.82) is 0 Å². The summed E-state index contributed by atoms with van der Waals surface area (Å²) >= 11 is 0. The fraction of sp³-hybridized carbons (Fsp3) is 0.400. The van der Waals surface area contributed by atoms with Gasteiger partial charge >= 0.3 is 0 Å². The van der Waals surface area contributed by atoms with E-state index in [2.05, 4.69) is 70.3 Å². The van der Waals surface area contributed by atoms with Crippen LogP contribution in [-0.4, -0.2) is 32.0 Å². The Morgan fingerprint density at radius 1 is 1.00 bits per heavy atom. The summed E-state index contributed by atoms with van der Waals surface area (Å²) in [4.78, 5) is 15.8. The molecular formula is C20H29IN4O. The van der Waals surface area contributed by atoms with Crippen LogP contribution in [0.5, 0.6) is 0 Å². The Labute approximate surface area is 173 Å². The van der Waals surface area contributed by atoms with E-state index in [1.807, 2.05) is 13.8 Å². The van der Waals surface area contributed by atoms with Gasteiger partial charge in [0.25, 0.3) is 0 Å². The van der Waals surface area contributed by atoms with E-state index in [9.17, 15) is 4.79 Å². The van der Waals surface area contributed by atoms with Crippen molar-refractivity contribution in [2.24, 2.45) is 10.9 Å². The van der Waals surface area contributed by atoms with Crippen molar-refractivity contribution in [2.75, 3.05) is 20.1 Å². The third-order valence-electron chi connectivity index (χ3n) is 4.11. The van der Waals surface area contributed by atoms with Crippen molar-refractivity contribution in [1.82, 2.24) is 16.0 Å². The fourth-order valence-electron chi connectivity index (χ4n) is 2.68. The van der Waals surface area contributed by atoms with E-state index >= 15 is 0 Å². The van der Waals surface area contributed by atoms with Gasteiger partial charge in [-0.05, 0) is 23.3 Å². The number of guanidine groups is 1. The van der Waals surface area contributed by atoms with E-state index in [4.69, 9.17) is 0 Å². The fourth-order valence-corrected chi connectivity index (χ4v) is 2.68. The monoisotopic (exact) mass is 468 g/mol. The summed E-state index contributed by atoms with van der Waals surface area (Å²) < 4.78 is 0. The predicted octanol–water partition coefficient (Wildman–Crippen LogP) is 3.46. The second kappa shape index (κ2) is 11.0. The molecule has 2 aromatic rings. The van der Waals surface area contributed by atoms with Crippen LogP contribution in [0.3, 0.4) is 0 Å². The number of amides is 1. The summed E-state index contributed by atoms with van der Waals surface area (Å²) in [5.74, 6) is 0.789. The lowest BCUT2D eigenvalue weighted by molar-refractivity contribution is -0.123. The first-order valence-electron chi connectivity index (χ1n) is 8.75. The predicted molar refractivity (Wildman–Crippen MR) is 120 cm³/mol. The SMILES string of the molecule is CN=C(NCCNC(=O)C(C)C)NC(C)c1cccc2ccccc12.I. The van der Waals surface area contributed by atoms with Crippen LogP contribution in [0.25, 0.3) is 10.8 Å². The molecule has 1 unspecified atom stereocenters. The van der Waals surface area contributed by atoms with Crippen LogP contribution in [0.2, 0.25) is 0 Å². The molecule has 0 aliphatic rings.